The molecule has 1 aromatic heterocycles. The molecule has 2 aliphatic heterocycles. The van der Waals surface area contributed by atoms with Gasteiger partial charge in [0.25, 0.3) is 5.91 Å². The van der Waals surface area contributed by atoms with Crippen molar-refractivity contribution in [1.29, 1.82) is 0 Å². The summed E-state index contributed by atoms with van der Waals surface area (Å²) in [6, 6.07) is 16.7. The maximum absolute atomic E-state index is 13.5. The second kappa shape index (κ2) is 8.62. The molecule has 9 heteroatoms. The highest BCUT2D eigenvalue weighted by molar-refractivity contribution is 7.10. The number of hydroxylamine groups is 1. The van der Waals surface area contributed by atoms with Crippen molar-refractivity contribution in [3.05, 3.63) is 81.5 Å². The third-order valence-electron chi connectivity index (χ3n) is 5.67. The minimum absolute atomic E-state index is 0.263. The Morgan fingerprint density at radius 3 is 2.36 bits per heavy atom. The molecule has 0 unspecified atom stereocenters. The summed E-state index contributed by atoms with van der Waals surface area (Å²) in [6.07, 6.45) is -0.954. The van der Waals surface area contributed by atoms with E-state index < -0.39 is 29.9 Å². The quantitative estimate of drug-likeness (QED) is 0.390. The largest absolute Gasteiger partial charge is 0.462 e. The molecule has 3 atom stereocenters. The third kappa shape index (κ3) is 3.70. The van der Waals surface area contributed by atoms with Gasteiger partial charge in [-0.05, 0) is 66.9 Å². The number of ether oxygens (including phenoxy) is 1. The molecule has 3 aromatic rings. The fourth-order valence-corrected chi connectivity index (χ4v) is 5.17. The van der Waals surface area contributed by atoms with E-state index in [1.54, 1.807) is 60.5 Å². The molecule has 2 saturated heterocycles. The normalized spacial score (nSPS) is 22.1. The van der Waals surface area contributed by atoms with Crippen LogP contribution in [0.1, 0.15) is 28.2 Å². The monoisotopic (exact) mass is 482 g/mol. The van der Waals surface area contributed by atoms with Gasteiger partial charge in [-0.25, -0.2) is 14.8 Å². The Balaban J connectivity index is 1.48. The number of hydrogen-bond acceptors (Lipinski definition) is 7. The van der Waals surface area contributed by atoms with Crippen LogP contribution in [-0.4, -0.2) is 30.5 Å². The molecule has 0 aliphatic carbocycles. The van der Waals surface area contributed by atoms with E-state index in [1.807, 2.05) is 17.5 Å². The highest BCUT2D eigenvalue weighted by Gasteiger charge is 2.60. The molecule has 0 spiro atoms. The van der Waals surface area contributed by atoms with Crippen molar-refractivity contribution in [2.24, 2.45) is 5.92 Å². The zero-order valence-electron chi connectivity index (χ0n) is 17.5. The number of benzene rings is 2. The number of amides is 2. The predicted molar refractivity (Wildman–Crippen MR) is 124 cm³/mol. The van der Waals surface area contributed by atoms with Gasteiger partial charge in [-0.2, -0.15) is 0 Å². The van der Waals surface area contributed by atoms with E-state index in [4.69, 9.17) is 21.2 Å². The summed E-state index contributed by atoms with van der Waals surface area (Å²) in [6.45, 7) is 1.99. The molecule has 5 rings (SSSR count). The molecule has 3 heterocycles. The van der Waals surface area contributed by atoms with Crippen LogP contribution in [0.2, 0.25) is 5.02 Å². The Hall–Kier alpha value is -3.20. The fourth-order valence-electron chi connectivity index (χ4n) is 4.19. The number of rotatable bonds is 5. The standard InChI is InChI=1S/C24H19ClN2O5S/c1-2-31-24(30)14-5-9-16(10-6-14)26-22(28)19-20(18-4-3-13-33-18)27(32-21(19)23(26)29)17-11-7-15(25)8-12-17/h3-13,19-21H,2H2,1H3/t19-,20+,21+/m0/s1. The summed E-state index contributed by atoms with van der Waals surface area (Å²) in [7, 11) is 0. The third-order valence-corrected chi connectivity index (χ3v) is 6.86. The van der Waals surface area contributed by atoms with E-state index in [1.165, 1.54) is 11.3 Å². The van der Waals surface area contributed by atoms with Crippen LogP contribution in [0.5, 0.6) is 0 Å². The maximum atomic E-state index is 13.5. The minimum Gasteiger partial charge on any atom is -0.462 e. The first-order valence-electron chi connectivity index (χ1n) is 10.4. The Morgan fingerprint density at radius 1 is 1.03 bits per heavy atom. The van der Waals surface area contributed by atoms with E-state index in [9.17, 15) is 14.4 Å². The molecular weight excluding hydrogens is 464 g/mol. The summed E-state index contributed by atoms with van der Waals surface area (Å²) in [5.41, 5.74) is 1.44. The Morgan fingerprint density at radius 2 is 1.73 bits per heavy atom. The molecule has 2 aliphatic rings. The predicted octanol–water partition coefficient (Wildman–Crippen LogP) is 4.63. The number of halogens is 1. The first-order chi connectivity index (χ1) is 16.0. The summed E-state index contributed by atoms with van der Waals surface area (Å²) in [4.78, 5) is 46.9. The molecule has 0 radical (unpaired) electrons. The number of esters is 1. The number of imide groups is 1. The van der Waals surface area contributed by atoms with Crippen LogP contribution >= 0.6 is 22.9 Å². The minimum atomic E-state index is -0.954. The number of carbonyl (C=O) groups excluding carboxylic acids is 3. The van der Waals surface area contributed by atoms with Crippen LogP contribution < -0.4 is 9.96 Å². The van der Waals surface area contributed by atoms with Crippen molar-refractivity contribution in [1.82, 2.24) is 0 Å². The van der Waals surface area contributed by atoms with Crippen molar-refractivity contribution >= 4 is 52.1 Å². The van der Waals surface area contributed by atoms with Gasteiger partial charge in [-0.1, -0.05) is 17.7 Å². The highest BCUT2D eigenvalue weighted by atomic mass is 35.5. The van der Waals surface area contributed by atoms with Gasteiger partial charge in [-0.3, -0.25) is 14.4 Å². The lowest BCUT2D eigenvalue weighted by Gasteiger charge is -2.27. The number of carbonyl (C=O) groups is 3. The number of hydrogen-bond donors (Lipinski definition) is 0. The van der Waals surface area contributed by atoms with E-state index in [0.717, 1.165) is 9.78 Å². The summed E-state index contributed by atoms with van der Waals surface area (Å²) in [5, 5.41) is 4.14. The van der Waals surface area contributed by atoms with Gasteiger partial charge < -0.3 is 4.74 Å². The lowest BCUT2D eigenvalue weighted by Crippen LogP contribution is -2.37. The number of fused-ring (bicyclic) bond motifs is 1. The average Bonchev–Trinajstić information content (AvgIpc) is 3.52. The van der Waals surface area contributed by atoms with Crippen molar-refractivity contribution in [2.75, 3.05) is 16.6 Å². The van der Waals surface area contributed by atoms with E-state index in [0.29, 0.717) is 22.0 Å². The zero-order chi connectivity index (χ0) is 23.1. The maximum Gasteiger partial charge on any atom is 0.338 e. The Labute approximate surface area is 199 Å². The van der Waals surface area contributed by atoms with Crippen molar-refractivity contribution in [2.45, 2.75) is 19.1 Å². The summed E-state index contributed by atoms with van der Waals surface area (Å²) >= 11 is 7.53. The van der Waals surface area contributed by atoms with Crippen LogP contribution in [0, 0.1) is 5.92 Å². The Kier molecular flexibility index (Phi) is 5.65. The van der Waals surface area contributed by atoms with Crippen molar-refractivity contribution < 1.29 is 24.0 Å². The number of nitrogens with zero attached hydrogens (tertiary/aromatic N) is 2. The summed E-state index contributed by atoms with van der Waals surface area (Å²) < 4.78 is 4.99. The van der Waals surface area contributed by atoms with Crippen LogP contribution in [-0.2, 0) is 19.2 Å². The van der Waals surface area contributed by atoms with E-state index >= 15 is 0 Å². The zero-order valence-corrected chi connectivity index (χ0v) is 19.1. The molecule has 2 fully saturated rings. The smallest absolute Gasteiger partial charge is 0.338 e. The molecule has 2 amide bonds. The van der Waals surface area contributed by atoms with Gasteiger partial charge in [0, 0.05) is 9.90 Å². The van der Waals surface area contributed by atoms with Gasteiger partial charge in [0.2, 0.25) is 5.91 Å². The SMILES string of the molecule is CCOC(=O)c1ccc(N2C(=O)[C@H]3[C@@H](c4cccs4)N(c4ccc(Cl)cc4)O[C@H]3C2=O)cc1. The van der Waals surface area contributed by atoms with Gasteiger partial charge >= 0.3 is 5.97 Å². The van der Waals surface area contributed by atoms with Crippen LogP contribution in [0.4, 0.5) is 11.4 Å². The molecule has 168 valence electrons. The van der Waals surface area contributed by atoms with Crippen molar-refractivity contribution in [3.8, 4) is 0 Å². The fraction of sp³-hybridized carbons (Fsp3) is 0.208. The van der Waals surface area contributed by atoms with Gasteiger partial charge in [0.05, 0.1) is 23.5 Å². The first kappa shape index (κ1) is 21.6. The average molecular weight is 483 g/mol. The molecule has 7 nitrogen and oxygen atoms in total. The molecule has 2 aromatic carbocycles. The van der Waals surface area contributed by atoms with E-state index in [2.05, 4.69) is 0 Å². The lowest BCUT2D eigenvalue weighted by molar-refractivity contribution is -0.126. The van der Waals surface area contributed by atoms with Crippen LogP contribution in [0.3, 0.4) is 0 Å². The Bertz CT molecular complexity index is 1200. The second-order valence-electron chi connectivity index (χ2n) is 7.59. The van der Waals surface area contributed by atoms with Crippen LogP contribution in [0.15, 0.2) is 66.0 Å². The summed E-state index contributed by atoms with van der Waals surface area (Å²) in [5.74, 6) is -1.95. The van der Waals surface area contributed by atoms with Gasteiger partial charge in [-0.15, -0.1) is 11.3 Å². The number of thiophene rings is 1. The molecular formula is C24H19ClN2O5S. The van der Waals surface area contributed by atoms with E-state index in [-0.39, 0.29) is 12.5 Å². The molecule has 0 N–H and O–H groups in total. The van der Waals surface area contributed by atoms with Gasteiger partial charge in [0.15, 0.2) is 6.10 Å². The van der Waals surface area contributed by atoms with Gasteiger partial charge in [0.1, 0.15) is 12.0 Å². The van der Waals surface area contributed by atoms with Crippen LogP contribution in [0.25, 0.3) is 0 Å². The molecule has 33 heavy (non-hydrogen) atoms. The molecule has 0 saturated carbocycles. The molecule has 0 bridgehead atoms. The topological polar surface area (TPSA) is 76.2 Å². The number of anilines is 2. The highest BCUT2D eigenvalue weighted by Crippen LogP contribution is 2.48. The van der Waals surface area contributed by atoms with Crippen molar-refractivity contribution in [3.63, 3.8) is 0 Å². The first-order valence-corrected chi connectivity index (χ1v) is 11.7. The lowest BCUT2D eigenvalue weighted by atomic mass is 9.95. The second-order valence-corrected chi connectivity index (χ2v) is 9.01.